The van der Waals surface area contributed by atoms with Crippen LogP contribution in [0.25, 0.3) is 0 Å². The number of unbranched alkanes of at least 4 members (excludes halogenated alkanes) is 11. The minimum atomic E-state index is -4.81. The fourth-order valence-electron chi connectivity index (χ4n) is 2.74. The first kappa shape index (κ1) is 41.2. The monoisotopic (exact) mass is 527 g/mol. The molecule has 0 fully saturated rings. The molecule has 0 aromatic rings. The van der Waals surface area contributed by atoms with E-state index in [1.54, 1.807) is 0 Å². The normalized spacial score (nSPS) is 10.4. The van der Waals surface area contributed by atoms with Gasteiger partial charge in [0.15, 0.2) is 0 Å². The predicted octanol–water partition coefficient (Wildman–Crippen LogP) is 3.41. The number of amides is 1. The van der Waals surface area contributed by atoms with E-state index in [2.05, 4.69) is 23.3 Å². The maximum absolute atomic E-state index is 10.5. The molecular weight excluding hydrogens is 484 g/mol. The molecule has 0 heterocycles. The van der Waals surface area contributed by atoms with E-state index in [1.807, 2.05) is 0 Å². The molecule has 0 atom stereocenters. The quantitative estimate of drug-likeness (QED) is 0.0996. The van der Waals surface area contributed by atoms with E-state index in [-0.39, 0.29) is 65.0 Å². The molecule has 0 saturated carbocycles. The number of carboxylic acid groups (broad SMARTS) is 1. The average molecular weight is 528 g/mol. The number of hydrogen-bond donors (Lipinski definition) is 3. The second-order valence-electron chi connectivity index (χ2n) is 7.58. The molecule has 0 aliphatic carbocycles. The van der Waals surface area contributed by atoms with E-state index >= 15 is 0 Å². The first-order valence-electron chi connectivity index (χ1n) is 11.4. The molecule has 0 aliphatic heterocycles. The molecule has 0 rings (SSSR count). The van der Waals surface area contributed by atoms with Crippen LogP contribution in [-0.4, -0.2) is 95.0 Å². The summed E-state index contributed by atoms with van der Waals surface area (Å²) in [6.07, 6.45) is 20.8. The van der Waals surface area contributed by atoms with Crippen molar-refractivity contribution < 1.29 is 36.6 Å². The van der Waals surface area contributed by atoms with Gasteiger partial charge in [-0.3, -0.25) is 18.9 Å². The van der Waals surface area contributed by atoms with Gasteiger partial charge in [-0.05, 0) is 32.1 Å². The number of hydrogen-bond acceptors (Lipinski definition) is 6. The Labute approximate surface area is 249 Å². The van der Waals surface area contributed by atoms with Gasteiger partial charge in [-0.2, -0.15) is 8.42 Å². The Morgan fingerprint density at radius 3 is 1.62 bits per heavy atom. The number of carbonyl (C=O) groups excluding carboxylic acids is 2. The van der Waals surface area contributed by atoms with E-state index in [0.29, 0.717) is 6.42 Å². The first-order chi connectivity index (χ1) is 15.1. The molecule has 0 aromatic carbocycles. The summed E-state index contributed by atoms with van der Waals surface area (Å²) in [4.78, 5) is 30.7. The zero-order valence-electron chi connectivity index (χ0n) is 19.3. The fraction of sp³-hybridized carbons (Fsp3) is 0.773. The summed E-state index contributed by atoms with van der Waals surface area (Å²) in [5, 5.41) is 8.04. The minimum absolute atomic E-state index is 0. The molecule has 34 heavy (non-hydrogen) atoms. The van der Waals surface area contributed by atoms with Crippen molar-refractivity contribution in [1.29, 1.82) is 0 Å². The number of primary amides is 1. The molecule has 4 N–H and O–H groups in total. The van der Waals surface area contributed by atoms with Crippen LogP contribution in [0.3, 0.4) is 0 Å². The number of carbonyl (C=O) groups is 3. The van der Waals surface area contributed by atoms with Crippen LogP contribution >= 0.6 is 0 Å². The van der Waals surface area contributed by atoms with Gasteiger partial charge in [0.2, 0.25) is 5.91 Å². The van der Waals surface area contributed by atoms with Gasteiger partial charge >= 0.3 is 81.5 Å². The average Bonchev–Trinajstić information content (AvgIpc) is 2.68. The molecule has 0 spiro atoms. The molecule has 12 heteroatoms. The molecule has 9 nitrogen and oxygen atoms in total. The summed E-state index contributed by atoms with van der Waals surface area (Å²) in [7, 11) is -4.81. The second-order valence-corrected chi connectivity index (χ2v) is 8.60. The standard InChI is InChI=1S/C18H35NO.C4H6O7S.2Na.2H/c1-2-3-4-5-6-7-8-9-10-11-12-13-14-15-16-17-18(19)20;5-3(6)1-2-4(7)11-12(8,9)10;;;;/h9-10H,2-8,11-17H2,1H3,(H2,19,20);1-2H2,(H,5,6)(H,8,9,10);;;;/b10-9-;;;;;. The van der Waals surface area contributed by atoms with E-state index < -0.39 is 35.2 Å². The van der Waals surface area contributed by atoms with Crippen molar-refractivity contribution in [3.63, 3.8) is 0 Å². The van der Waals surface area contributed by atoms with E-state index in [9.17, 15) is 22.8 Å². The zero-order chi connectivity index (χ0) is 24.7. The van der Waals surface area contributed by atoms with Crippen molar-refractivity contribution in [1.82, 2.24) is 0 Å². The SMILES string of the molecule is CCCCCCCC/C=C\CCCCCCCC(N)=O.O=C(O)CCC(=O)OS(=O)(=O)O.[NaH].[NaH]. The molecule has 1 amide bonds. The summed E-state index contributed by atoms with van der Waals surface area (Å²) in [5.74, 6) is -2.73. The fourth-order valence-corrected chi connectivity index (χ4v) is 3.06. The zero-order valence-corrected chi connectivity index (χ0v) is 20.1. The molecule has 192 valence electrons. The topological polar surface area (TPSA) is 161 Å². The van der Waals surface area contributed by atoms with Crippen molar-refractivity contribution in [2.75, 3.05) is 0 Å². The van der Waals surface area contributed by atoms with Gasteiger partial charge < -0.3 is 15.0 Å². The van der Waals surface area contributed by atoms with Gasteiger partial charge in [0, 0.05) is 6.42 Å². The number of aliphatic carboxylic acids is 1. The van der Waals surface area contributed by atoms with Crippen molar-refractivity contribution >= 4 is 87.4 Å². The van der Waals surface area contributed by atoms with E-state index in [4.69, 9.17) is 15.4 Å². The summed E-state index contributed by atoms with van der Waals surface area (Å²) >= 11 is 0. The second kappa shape index (κ2) is 29.3. The van der Waals surface area contributed by atoms with Crippen LogP contribution in [0.5, 0.6) is 0 Å². The van der Waals surface area contributed by atoms with Crippen molar-refractivity contribution in [3.8, 4) is 0 Å². The van der Waals surface area contributed by atoms with E-state index in [0.717, 1.165) is 12.8 Å². The van der Waals surface area contributed by atoms with Gasteiger partial charge in [-0.15, -0.1) is 0 Å². The molecule has 0 radical (unpaired) electrons. The van der Waals surface area contributed by atoms with Gasteiger partial charge in [-0.25, -0.2) is 0 Å². The Hall–Kier alpha value is 0.0600. The number of carboxylic acids is 1. The third kappa shape index (κ3) is 42.2. The van der Waals surface area contributed by atoms with Crippen molar-refractivity contribution in [3.05, 3.63) is 12.2 Å². The Morgan fingerprint density at radius 2 is 1.21 bits per heavy atom. The van der Waals surface area contributed by atoms with Crippen LogP contribution in [0.15, 0.2) is 12.2 Å². The summed E-state index contributed by atoms with van der Waals surface area (Å²) in [6.45, 7) is 2.26. The summed E-state index contributed by atoms with van der Waals surface area (Å²) < 4.78 is 31.1. The molecule has 0 aromatic heterocycles. The first-order valence-corrected chi connectivity index (χ1v) is 12.8. The number of rotatable bonds is 19. The Morgan fingerprint density at radius 1 is 0.765 bits per heavy atom. The van der Waals surface area contributed by atoms with E-state index in [1.165, 1.54) is 70.6 Å². The van der Waals surface area contributed by atoms with Gasteiger partial charge in [-0.1, -0.05) is 70.4 Å². The number of allylic oxidation sites excluding steroid dienone is 2. The van der Waals surface area contributed by atoms with Crippen LogP contribution in [-0.2, 0) is 29.0 Å². The number of nitrogens with two attached hydrogens (primary N) is 1. The van der Waals surface area contributed by atoms with Crippen molar-refractivity contribution in [2.24, 2.45) is 5.73 Å². The Bertz CT molecular complexity index is 643. The van der Waals surface area contributed by atoms with Gasteiger partial charge in [0.05, 0.1) is 12.8 Å². The van der Waals surface area contributed by atoms with Crippen LogP contribution < -0.4 is 5.73 Å². The third-order valence-electron chi connectivity index (χ3n) is 4.43. The van der Waals surface area contributed by atoms with Crippen LogP contribution in [0.2, 0.25) is 0 Å². The van der Waals surface area contributed by atoms with Crippen LogP contribution in [0, 0.1) is 0 Å². The summed E-state index contributed by atoms with van der Waals surface area (Å²) in [5.41, 5.74) is 5.10. The molecular formula is C22H43NNa2O8S. The van der Waals surface area contributed by atoms with Crippen molar-refractivity contribution in [2.45, 2.75) is 110 Å². The van der Waals surface area contributed by atoms with Crippen LogP contribution in [0.1, 0.15) is 110 Å². The maximum atomic E-state index is 10.5. The van der Waals surface area contributed by atoms with Gasteiger partial charge in [0.25, 0.3) is 0 Å². The molecule has 0 aliphatic rings. The molecule has 0 unspecified atom stereocenters. The van der Waals surface area contributed by atoms with Gasteiger partial charge in [0.1, 0.15) is 0 Å². The Kier molecular flexibility index (Phi) is 35.5. The van der Waals surface area contributed by atoms with Crippen LogP contribution in [0.4, 0.5) is 0 Å². The third-order valence-corrected chi connectivity index (χ3v) is 4.82. The summed E-state index contributed by atoms with van der Waals surface area (Å²) in [6, 6.07) is 0. The Balaban J connectivity index is -0.000000279. The predicted molar refractivity (Wildman–Crippen MR) is 137 cm³/mol. The molecule has 0 saturated heterocycles. The molecule has 0 bridgehead atoms.